The number of hydrogen-bond acceptors (Lipinski definition) is 3. The summed E-state index contributed by atoms with van der Waals surface area (Å²) >= 11 is 3.57. The van der Waals surface area contributed by atoms with E-state index in [4.69, 9.17) is 9.72 Å². The molecule has 0 radical (unpaired) electrons. The first-order valence-electron chi connectivity index (χ1n) is 10.5. The average Bonchev–Trinajstić information content (AvgIpc) is 3.21. The number of imidazole rings is 1. The highest BCUT2D eigenvalue weighted by Gasteiger charge is 2.56. The maximum absolute atomic E-state index is 13.0. The molecule has 1 aromatic heterocycles. The third-order valence-electron chi connectivity index (χ3n) is 6.60. The van der Waals surface area contributed by atoms with Gasteiger partial charge in [0.05, 0.1) is 11.7 Å². The van der Waals surface area contributed by atoms with Gasteiger partial charge in [-0.2, -0.15) is 0 Å². The van der Waals surface area contributed by atoms with E-state index >= 15 is 0 Å². The molecule has 2 aromatic carbocycles. The highest BCUT2D eigenvalue weighted by atomic mass is 79.9. The zero-order chi connectivity index (χ0) is 20.2. The molecule has 30 heavy (non-hydrogen) atoms. The molecule has 0 spiro atoms. The fourth-order valence-electron chi connectivity index (χ4n) is 5.01. The molecular formula is C24H22BrN3O2. The minimum atomic E-state index is -0.229. The Hall–Kier alpha value is -2.60. The van der Waals surface area contributed by atoms with E-state index < -0.39 is 0 Å². The molecule has 5 nitrogen and oxygen atoms in total. The van der Waals surface area contributed by atoms with E-state index in [1.54, 1.807) is 0 Å². The Morgan fingerprint density at radius 3 is 2.90 bits per heavy atom. The topological polar surface area (TPSA) is 58.2 Å². The fourth-order valence-corrected chi connectivity index (χ4v) is 5.42. The van der Waals surface area contributed by atoms with Crippen LogP contribution in [0, 0.1) is 5.92 Å². The molecule has 3 aromatic rings. The molecule has 3 aliphatic rings. The van der Waals surface area contributed by atoms with E-state index in [-0.39, 0.29) is 12.1 Å². The lowest BCUT2D eigenvalue weighted by atomic mass is 9.92. The number of nitrogens with one attached hydrogen (secondary N) is 1. The zero-order valence-electron chi connectivity index (χ0n) is 16.5. The molecule has 152 valence electrons. The number of ether oxygens (including phenoxy) is 1. The van der Waals surface area contributed by atoms with Crippen LogP contribution in [0.3, 0.4) is 0 Å². The standard InChI is InChI=1S/C24H22BrN3O2/c25-17-7-8-18-15(10-17)6-9-19-22(18)27-23(26-19)21-12-16-11-20(16)28(21)24(29)30-13-14-4-2-1-3-5-14/h1-5,7-8,10,16,20-21H,6,9,11-13H2,(H,26,27)/t16-,20-,21+/m1/s1. The van der Waals surface area contributed by atoms with Gasteiger partial charge >= 0.3 is 6.09 Å². The minimum Gasteiger partial charge on any atom is -0.445 e. The Labute approximate surface area is 183 Å². The van der Waals surface area contributed by atoms with Crippen molar-refractivity contribution in [1.29, 1.82) is 0 Å². The summed E-state index contributed by atoms with van der Waals surface area (Å²) < 4.78 is 6.77. The van der Waals surface area contributed by atoms with Crippen LogP contribution in [0.4, 0.5) is 4.79 Å². The first-order valence-corrected chi connectivity index (χ1v) is 11.3. The minimum absolute atomic E-state index is 0.0264. The largest absolute Gasteiger partial charge is 0.445 e. The summed E-state index contributed by atoms with van der Waals surface area (Å²) in [5, 5.41) is 0. The molecule has 3 atom stereocenters. The summed E-state index contributed by atoms with van der Waals surface area (Å²) in [6.07, 6.45) is 3.76. The number of aryl methyl sites for hydroxylation is 2. The van der Waals surface area contributed by atoms with Gasteiger partial charge in [0.2, 0.25) is 0 Å². The number of carbonyl (C=O) groups is 1. The van der Waals surface area contributed by atoms with Crippen molar-refractivity contribution in [2.75, 3.05) is 0 Å². The Morgan fingerprint density at radius 1 is 1.17 bits per heavy atom. The van der Waals surface area contributed by atoms with Crippen LogP contribution in [-0.2, 0) is 24.2 Å². The van der Waals surface area contributed by atoms with Crippen molar-refractivity contribution in [1.82, 2.24) is 14.9 Å². The van der Waals surface area contributed by atoms with Gasteiger partial charge in [-0.3, -0.25) is 4.90 Å². The molecule has 6 rings (SSSR count). The highest BCUT2D eigenvalue weighted by Crippen LogP contribution is 2.53. The van der Waals surface area contributed by atoms with E-state index in [9.17, 15) is 4.79 Å². The number of aromatic nitrogens is 2. The number of piperidine rings is 1. The molecule has 6 heteroatoms. The van der Waals surface area contributed by atoms with Gasteiger partial charge in [-0.1, -0.05) is 52.3 Å². The Morgan fingerprint density at radius 2 is 2.03 bits per heavy atom. The molecule has 1 N–H and O–H groups in total. The third kappa shape index (κ3) is 3.05. The number of halogens is 1. The van der Waals surface area contributed by atoms with Gasteiger partial charge in [0, 0.05) is 21.8 Å². The number of nitrogens with zero attached hydrogens (tertiary/aromatic N) is 2. The van der Waals surface area contributed by atoms with Crippen molar-refractivity contribution in [2.24, 2.45) is 5.92 Å². The summed E-state index contributed by atoms with van der Waals surface area (Å²) in [4.78, 5) is 23.5. The van der Waals surface area contributed by atoms with Crippen LogP contribution in [0.5, 0.6) is 0 Å². The summed E-state index contributed by atoms with van der Waals surface area (Å²) in [6.45, 7) is 0.303. The Bertz CT molecular complexity index is 1130. The molecule has 1 amide bonds. The highest BCUT2D eigenvalue weighted by molar-refractivity contribution is 9.10. The Kier molecular flexibility index (Phi) is 4.23. The molecule has 1 aliphatic heterocycles. The monoisotopic (exact) mass is 463 g/mol. The van der Waals surface area contributed by atoms with Crippen molar-refractivity contribution < 1.29 is 9.53 Å². The maximum Gasteiger partial charge on any atom is 0.410 e. The van der Waals surface area contributed by atoms with Crippen molar-refractivity contribution in [3.05, 3.63) is 75.6 Å². The van der Waals surface area contributed by atoms with E-state index in [1.165, 1.54) is 16.8 Å². The molecule has 1 saturated carbocycles. The molecular weight excluding hydrogens is 442 g/mol. The number of amides is 1. The van der Waals surface area contributed by atoms with Gasteiger partial charge < -0.3 is 9.72 Å². The van der Waals surface area contributed by atoms with Gasteiger partial charge in [-0.25, -0.2) is 9.78 Å². The molecule has 2 heterocycles. The first-order chi connectivity index (χ1) is 14.7. The van der Waals surface area contributed by atoms with Gasteiger partial charge in [-0.05, 0) is 54.9 Å². The van der Waals surface area contributed by atoms with Crippen molar-refractivity contribution in [3.63, 3.8) is 0 Å². The number of rotatable bonds is 3. The zero-order valence-corrected chi connectivity index (χ0v) is 18.1. The second-order valence-electron chi connectivity index (χ2n) is 8.51. The molecule has 0 bridgehead atoms. The number of hydrogen-bond donors (Lipinski definition) is 1. The van der Waals surface area contributed by atoms with Crippen molar-refractivity contribution in [3.8, 4) is 11.3 Å². The maximum atomic E-state index is 13.0. The van der Waals surface area contributed by atoms with Crippen LogP contribution in [0.25, 0.3) is 11.3 Å². The lowest BCUT2D eigenvalue weighted by Crippen LogP contribution is -2.34. The van der Waals surface area contributed by atoms with Crippen LogP contribution in [0.2, 0.25) is 0 Å². The summed E-state index contributed by atoms with van der Waals surface area (Å²) in [7, 11) is 0. The summed E-state index contributed by atoms with van der Waals surface area (Å²) in [5.74, 6) is 1.48. The molecule has 0 unspecified atom stereocenters. The predicted molar refractivity (Wildman–Crippen MR) is 117 cm³/mol. The quantitative estimate of drug-likeness (QED) is 0.564. The lowest BCUT2D eigenvalue weighted by molar-refractivity contribution is 0.0833. The van der Waals surface area contributed by atoms with Gasteiger partial charge in [-0.15, -0.1) is 0 Å². The van der Waals surface area contributed by atoms with E-state index in [2.05, 4.69) is 39.1 Å². The smallest absolute Gasteiger partial charge is 0.410 e. The first kappa shape index (κ1) is 18.2. The number of carbonyl (C=O) groups excluding carboxylic acids is 1. The van der Waals surface area contributed by atoms with Crippen molar-refractivity contribution >= 4 is 22.0 Å². The molecule has 2 fully saturated rings. The summed E-state index contributed by atoms with van der Waals surface area (Å²) in [5.41, 5.74) is 5.74. The predicted octanol–water partition coefficient (Wildman–Crippen LogP) is 5.41. The fraction of sp³-hybridized carbons (Fsp3) is 0.333. The summed E-state index contributed by atoms with van der Waals surface area (Å²) in [6, 6.07) is 16.5. The van der Waals surface area contributed by atoms with Crippen LogP contribution >= 0.6 is 15.9 Å². The van der Waals surface area contributed by atoms with Gasteiger partial charge in [0.25, 0.3) is 0 Å². The molecule has 1 saturated heterocycles. The SMILES string of the molecule is O=C(OCc1ccccc1)N1[C@@H]2C[C@@H]2C[C@H]1c1nc2c([nH]1)CCc1cc(Br)ccc1-2. The average molecular weight is 464 g/mol. The van der Waals surface area contributed by atoms with Crippen LogP contribution in [0.15, 0.2) is 53.0 Å². The third-order valence-corrected chi connectivity index (χ3v) is 7.09. The number of likely N-dealkylation sites (tertiary alicyclic amines) is 1. The van der Waals surface area contributed by atoms with Gasteiger partial charge in [0.15, 0.2) is 0 Å². The Balaban J connectivity index is 1.26. The normalized spacial score (nSPS) is 23.5. The van der Waals surface area contributed by atoms with Crippen LogP contribution < -0.4 is 0 Å². The van der Waals surface area contributed by atoms with Crippen LogP contribution in [0.1, 0.15) is 41.5 Å². The number of aromatic amines is 1. The van der Waals surface area contributed by atoms with E-state index in [1.807, 2.05) is 35.2 Å². The number of benzene rings is 2. The van der Waals surface area contributed by atoms with Crippen LogP contribution in [-0.4, -0.2) is 27.0 Å². The second kappa shape index (κ2) is 6.98. The van der Waals surface area contributed by atoms with E-state index in [0.29, 0.717) is 18.6 Å². The van der Waals surface area contributed by atoms with E-state index in [0.717, 1.165) is 47.2 Å². The molecule has 2 aliphatic carbocycles. The number of fused-ring (bicyclic) bond motifs is 4. The second-order valence-corrected chi connectivity index (χ2v) is 9.43. The van der Waals surface area contributed by atoms with Gasteiger partial charge in [0.1, 0.15) is 12.4 Å². The number of H-pyrrole nitrogens is 1. The lowest BCUT2D eigenvalue weighted by Gasteiger charge is -2.25. The van der Waals surface area contributed by atoms with Crippen molar-refractivity contribution in [2.45, 2.75) is 44.4 Å².